The van der Waals surface area contributed by atoms with Gasteiger partial charge in [0.2, 0.25) is 5.91 Å². The van der Waals surface area contributed by atoms with Crippen molar-refractivity contribution in [3.05, 3.63) is 47.1 Å². The van der Waals surface area contributed by atoms with Gasteiger partial charge in [0.25, 0.3) is 0 Å². The van der Waals surface area contributed by atoms with Crippen LogP contribution in [-0.4, -0.2) is 31.2 Å². The van der Waals surface area contributed by atoms with Crippen LogP contribution >= 0.6 is 0 Å². The molecule has 6 nitrogen and oxygen atoms in total. The Morgan fingerprint density at radius 2 is 2.15 bits per heavy atom. The minimum atomic E-state index is -0.221. The molecule has 0 saturated carbocycles. The quantitative estimate of drug-likeness (QED) is 0.466. The molecule has 6 heteroatoms. The van der Waals surface area contributed by atoms with Crippen molar-refractivity contribution in [2.24, 2.45) is 10.7 Å². The number of ether oxygens (including phenoxy) is 1. The average Bonchev–Trinajstić information content (AvgIpc) is 2.62. The number of carbonyl (C=O) groups is 2. The summed E-state index contributed by atoms with van der Waals surface area (Å²) in [7, 11) is 0. The number of carbonyl (C=O) groups excluding carboxylic acids is 2. The molecule has 1 atom stereocenters. The first kappa shape index (κ1) is 19.6. The van der Waals surface area contributed by atoms with Crippen molar-refractivity contribution in [1.82, 2.24) is 0 Å². The van der Waals surface area contributed by atoms with Crippen LogP contribution in [0.5, 0.6) is 0 Å². The molecule has 1 aromatic carbocycles. The van der Waals surface area contributed by atoms with Crippen molar-refractivity contribution in [3.8, 4) is 0 Å². The van der Waals surface area contributed by atoms with E-state index in [1.807, 2.05) is 13.8 Å². The second-order valence-electron chi connectivity index (χ2n) is 6.38. The molecule has 1 unspecified atom stereocenters. The van der Waals surface area contributed by atoms with Gasteiger partial charge >= 0.3 is 0 Å². The number of aliphatic imine (C=N–C) groups is 1. The van der Waals surface area contributed by atoms with Gasteiger partial charge in [0, 0.05) is 30.1 Å². The second kappa shape index (κ2) is 9.68. The number of aldehydes is 1. The third-order valence-corrected chi connectivity index (χ3v) is 3.83. The summed E-state index contributed by atoms with van der Waals surface area (Å²) in [4.78, 5) is 27.6. The standard InChI is InChI=1S/C20H25N3O3/c1-14(2)10-18(25)23-17-7-5-6-15(11-17)20(21)16(13-24)12-22-19-8-3-4-9-26-19/h5-7,10-13,19H,3-4,8-9,21H2,1-2H3,(H,23,25). The minimum Gasteiger partial charge on any atom is -0.398 e. The van der Waals surface area contributed by atoms with Gasteiger partial charge in [-0.2, -0.15) is 0 Å². The lowest BCUT2D eigenvalue weighted by Gasteiger charge is -2.18. The number of nitrogens with one attached hydrogen (secondary N) is 1. The van der Waals surface area contributed by atoms with E-state index < -0.39 is 0 Å². The van der Waals surface area contributed by atoms with E-state index in [4.69, 9.17) is 10.5 Å². The fourth-order valence-corrected chi connectivity index (χ4v) is 2.54. The molecule has 1 fully saturated rings. The molecular weight excluding hydrogens is 330 g/mol. The van der Waals surface area contributed by atoms with Crippen LogP contribution in [0.15, 0.2) is 46.5 Å². The fraction of sp³-hybridized carbons (Fsp3) is 0.350. The predicted molar refractivity (Wildman–Crippen MR) is 104 cm³/mol. The molecular formula is C20H25N3O3. The molecule has 2 rings (SSSR count). The molecule has 1 amide bonds. The van der Waals surface area contributed by atoms with Crippen LogP contribution in [0, 0.1) is 0 Å². The number of rotatable bonds is 6. The SMILES string of the molecule is CC(C)=CC(=O)Nc1cccc(C(N)=C(C=O)C=NC2CCCCO2)c1. The number of allylic oxidation sites excluding steroid dienone is 2. The van der Waals surface area contributed by atoms with Gasteiger partial charge < -0.3 is 15.8 Å². The fourth-order valence-electron chi connectivity index (χ4n) is 2.54. The van der Waals surface area contributed by atoms with Gasteiger partial charge in [0.05, 0.1) is 11.3 Å². The molecule has 138 valence electrons. The van der Waals surface area contributed by atoms with Gasteiger partial charge in [0.1, 0.15) is 6.23 Å². The lowest BCUT2D eigenvalue weighted by atomic mass is 10.1. The summed E-state index contributed by atoms with van der Waals surface area (Å²) in [6, 6.07) is 7.03. The Kier molecular flexibility index (Phi) is 7.29. The van der Waals surface area contributed by atoms with Crippen LogP contribution in [-0.2, 0) is 14.3 Å². The molecule has 0 aliphatic carbocycles. The van der Waals surface area contributed by atoms with Crippen molar-refractivity contribution in [2.45, 2.75) is 39.3 Å². The van der Waals surface area contributed by atoms with E-state index >= 15 is 0 Å². The van der Waals surface area contributed by atoms with Crippen molar-refractivity contribution < 1.29 is 14.3 Å². The molecule has 0 bridgehead atoms. The number of nitrogens with two attached hydrogens (primary N) is 1. The van der Waals surface area contributed by atoms with Crippen LogP contribution in [0.4, 0.5) is 5.69 Å². The predicted octanol–water partition coefficient (Wildman–Crippen LogP) is 3.06. The van der Waals surface area contributed by atoms with Crippen molar-refractivity contribution >= 4 is 29.8 Å². The zero-order valence-electron chi connectivity index (χ0n) is 15.2. The Morgan fingerprint density at radius 1 is 1.35 bits per heavy atom. The molecule has 1 aromatic rings. The average molecular weight is 355 g/mol. The lowest BCUT2D eigenvalue weighted by molar-refractivity contribution is -0.112. The number of anilines is 1. The largest absolute Gasteiger partial charge is 0.398 e. The van der Waals surface area contributed by atoms with Gasteiger partial charge in [-0.1, -0.05) is 17.7 Å². The minimum absolute atomic E-state index is 0.212. The smallest absolute Gasteiger partial charge is 0.248 e. The third-order valence-electron chi connectivity index (χ3n) is 3.83. The molecule has 1 saturated heterocycles. The highest BCUT2D eigenvalue weighted by atomic mass is 16.5. The lowest BCUT2D eigenvalue weighted by Crippen LogP contribution is -2.17. The molecule has 1 heterocycles. The van der Waals surface area contributed by atoms with E-state index in [-0.39, 0.29) is 17.7 Å². The third kappa shape index (κ3) is 5.97. The highest BCUT2D eigenvalue weighted by Gasteiger charge is 2.12. The molecule has 1 aliphatic rings. The van der Waals surface area contributed by atoms with E-state index in [0.29, 0.717) is 29.8 Å². The molecule has 26 heavy (non-hydrogen) atoms. The van der Waals surface area contributed by atoms with Crippen molar-refractivity contribution in [2.75, 3.05) is 11.9 Å². The maximum atomic E-state index is 11.8. The molecule has 0 aromatic heterocycles. The van der Waals surface area contributed by atoms with E-state index in [0.717, 1.165) is 24.8 Å². The monoisotopic (exact) mass is 355 g/mol. The van der Waals surface area contributed by atoms with Crippen LogP contribution < -0.4 is 11.1 Å². The Bertz CT molecular complexity index is 740. The van der Waals surface area contributed by atoms with E-state index in [1.165, 1.54) is 12.3 Å². The van der Waals surface area contributed by atoms with Gasteiger partial charge in [-0.25, -0.2) is 0 Å². The van der Waals surface area contributed by atoms with Gasteiger partial charge in [-0.05, 0) is 45.2 Å². The summed E-state index contributed by atoms with van der Waals surface area (Å²) in [5, 5.41) is 2.77. The highest BCUT2D eigenvalue weighted by Crippen LogP contribution is 2.18. The topological polar surface area (TPSA) is 93.8 Å². The first-order chi connectivity index (χ1) is 12.5. The number of hydrogen-bond acceptors (Lipinski definition) is 5. The summed E-state index contributed by atoms with van der Waals surface area (Å²) >= 11 is 0. The molecule has 1 aliphatic heterocycles. The number of benzene rings is 1. The number of amides is 1. The Balaban J connectivity index is 2.18. The normalized spacial score (nSPS) is 18.2. The highest BCUT2D eigenvalue weighted by molar-refractivity contribution is 6.09. The van der Waals surface area contributed by atoms with E-state index in [1.54, 1.807) is 24.3 Å². The van der Waals surface area contributed by atoms with E-state index in [9.17, 15) is 9.59 Å². The Labute approximate surface area is 153 Å². The maximum absolute atomic E-state index is 11.8. The molecule has 0 radical (unpaired) electrons. The first-order valence-electron chi connectivity index (χ1n) is 8.65. The van der Waals surface area contributed by atoms with Crippen LogP contribution in [0.2, 0.25) is 0 Å². The summed E-state index contributed by atoms with van der Waals surface area (Å²) in [6.45, 7) is 4.38. The number of nitrogens with zero attached hydrogens (tertiary/aromatic N) is 1. The second-order valence-corrected chi connectivity index (χ2v) is 6.38. The first-order valence-corrected chi connectivity index (χ1v) is 8.65. The van der Waals surface area contributed by atoms with Crippen molar-refractivity contribution in [3.63, 3.8) is 0 Å². The van der Waals surface area contributed by atoms with E-state index in [2.05, 4.69) is 10.3 Å². The Morgan fingerprint density at radius 3 is 2.81 bits per heavy atom. The van der Waals surface area contributed by atoms with Gasteiger partial charge in [0.15, 0.2) is 6.29 Å². The van der Waals surface area contributed by atoms with Crippen LogP contribution in [0.3, 0.4) is 0 Å². The zero-order chi connectivity index (χ0) is 18.9. The Hall–Kier alpha value is -2.73. The molecule has 3 N–H and O–H groups in total. The summed E-state index contributed by atoms with van der Waals surface area (Å²) in [6.07, 6.45) is 6.37. The number of hydrogen-bond donors (Lipinski definition) is 2. The summed E-state index contributed by atoms with van der Waals surface area (Å²) in [5.74, 6) is -0.212. The molecule has 0 spiro atoms. The van der Waals surface area contributed by atoms with Crippen LogP contribution in [0.1, 0.15) is 38.7 Å². The van der Waals surface area contributed by atoms with Crippen molar-refractivity contribution in [1.29, 1.82) is 0 Å². The van der Waals surface area contributed by atoms with Gasteiger partial charge in [-0.15, -0.1) is 0 Å². The summed E-state index contributed by atoms with van der Waals surface area (Å²) < 4.78 is 5.52. The summed E-state index contributed by atoms with van der Waals surface area (Å²) in [5.41, 5.74) is 8.87. The van der Waals surface area contributed by atoms with Crippen LogP contribution in [0.25, 0.3) is 5.70 Å². The van der Waals surface area contributed by atoms with Gasteiger partial charge in [-0.3, -0.25) is 14.6 Å². The maximum Gasteiger partial charge on any atom is 0.248 e. The zero-order valence-corrected chi connectivity index (χ0v) is 15.2.